The summed E-state index contributed by atoms with van der Waals surface area (Å²) in [5.74, 6) is 5.29. The fourth-order valence-electron chi connectivity index (χ4n) is 1.79. The van der Waals surface area contributed by atoms with Crippen LogP contribution in [0.1, 0.15) is 27.9 Å². The molecular weight excluding hydrogens is 268 g/mol. The van der Waals surface area contributed by atoms with Crippen LogP contribution >= 0.6 is 0 Å². The van der Waals surface area contributed by atoms with Crippen LogP contribution in [-0.2, 0) is 4.79 Å². The van der Waals surface area contributed by atoms with Gasteiger partial charge in [-0.3, -0.25) is 9.59 Å². The number of rotatable bonds is 4. The number of carbonyl (C=O) groups excluding carboxylic acids is 2. The zero-order valence-corrected chi connectivity index (χ0v) is 12.6. The number of likely N-dealkylation sites (N-methyl/N-ethyl adjacent to an activating group) is 2. The molecule has 0 aliphatic carbocycles. The second-order valence-electron chi connectivity index (χ2n) is 4.70. The van der Waals surface area contributed by atoms with Crippen molar-refractivity contribution in [2.45, 2.75) is 13.3 Å². The van der Waals surface area contributed by atoms with Gasteiger partial charge in [-0.15, -0.1) is 0 Å². The number of hydrogen-bond acceptors (Lipinski definition) is 3. The van der Waals surface area contributed by atoms with Gasteiger partial charge in [-0.05, 0) is 30.7 Å². The Balaban J connectivity index is 2.94. The van der Waals surface area contributed by atoms with Crippen LogP contribution in [0.25, 0.3) is 0 Å². The molecule has 5 nitrogen and oxygen atoms in total. The highest BCUT2D eigenvalue weighted by Gasteiger charge is 2.15. The second kappa shape index (κ2) is 8.08. The van der Waals surface area contributed by atoms with Gasteiger partial charge in [-0.25, -0.2) is 0 Å². The number of aryl methyl sites for hydroxylation is 1. The van der Waals surface area contributed by atoms with E-state index in [0.29, 0.717) is 12.0 Å². The summed E-state index contributed by atoms with van der Waals surface area (Å²) < 4.78 is 0. The van der Waals surface area contributed by atoms with Gasteiger partial charge in [0.2, 0.25) is 5.91 Å². The summed E-state index contributed by atoms with van der Waals surface area (Å²) in [4.78, 5) is 25.0. The van der Waals surface area contributed by atoms with Gasteiger partial charge >= 0.3 is 0 Å². The van der Waals surface area contributed by atoms with Crippen molar-refractivity contribution in [1.29, 1.82) is 0 Å². The van der Waals surface area contributed by atoms with E-state index in [4.69, 9.17) is 5.11 Å². The van der Waals surface area contributed by atoms with Crippen molar-refractivity contribution in [2.24, 2.45) is 0 Å². The summed E-state index contributed by atoms with van der Waals surface area (Å²) >= 11 is 0. The van der Waals surface area contributed by atoms with E-state index >= 15 is 0 Å². The summed E-state index contributed by atoms with van der Waals surface area (Å²) in [6, 6.07) is 5.33. The lowest BCUT2D eigenvalue weighted by Gasteiger charge is -2.16. The van der Waals surface area contributed by atoms with E-state index in [1.54, 1.807) is 19.2 Å². The van der Waals surface area contributed by atoms with Crippen LogP contribution in [0.15, 0.2) is 18.2 Å². The predicted octanol–water partition coefficient (Wildman–Crippen LogP) is 0.547. The number of nitrogens with zero attached hydrogens (tertiary/aromatic N) is 1. The fraction of sp³-hybridized carbons (Fsp3) is 0.375. The minimum absolute atomic E-state index is 0.00873. The third kappa shape index (κ3) is 5.28. The van der Waals surface area contributed by atoms with Gasteiger partial charge in [0, 0.05) is 31.6 Å². The first-order chi connectivity index (χ1) is 9.97. The van der Waals surface area contributed by atoms with Gasteiger partial charge in [-0.1, -0.05) is 11.8 Å². The molecule has 0 unspecified atom stereocenters. The highest BCUT2D eigenvalue weighted by Crippen LogP contribution is 2.11. The summed E-state index contributed by atoms with van der Waals surface area (Å²) in [7, 11) is 3.11. The van der Waals surface area contributed by atoms with Crippen LogP contribution in [0, 0.1) is 18.8 Å². The van der Waals surface area contributed by atoms with Crippen LogP contribution < -0.4 is 5.32 Å². The number of aliphatic hydroxyl groups excluding tert-OH is 1. The zero-order valence-electron chi connectivity index (χ0n) is 12.6. The number of carbonyl (C=O) groups is 2. The first-order valence-electron chi connectivity index (χ1n) is 6.65. The lowest BCUT2D eigenvalue weighted by Crippen LogP contribution is -2.36. The maximum atomic E-state index is 12.3. The fourth-order valence-corrected chi connectivity index (χ4v) is 1.79. The van der Waals surface area contributed by atoms with E-state index in [2.05, 4.69) is 17.2 Å². The molecule has 0 atom stereocenters. The molecule has 5 heteroatoms. The molecule has 0 saturated heterocycles. The van der Waals surface area contributed by atoms with Crippen molar-refractivity contribution in [3.8, 4) is 11.8 Å². The smallest absolute Gasteiger partial charge is 0.254 e. The summed E-state index contributed by atoms with van der Waals surface area (Å²) in [6.45, 7) is 1.90. The molecule has 0 radical (unpaired) electrons. The van der Waals surface area contributed by atoms with Crippen molar-refractivity contribution >= 4 is 11.8 Å². The van der Waals surface area contributed by atoms with E-state index in [-0.39, 0.29) is 25.0 Å². The minimum atomic E-state index is -0.229. The van der Waals surface area contributed by atoms with Crippen molar-refractivity contribution in [2.75, 3.05) is 27.2 Å². The maximum absolute atomic E-state index is 12.3. The molecule has 0 bridgehead atoms. The van der Waals surface area contributed by atoms with Crippen molar-refractivity contribution in [3.05, 3.63) is 34.9 Å². The largest absolute Gasteiger partial charge is 0.395 e. The molecule has 2 N–H and O–H groups in total. The Kier molecular flexibility index (Phi) is 6.44. The highest BCUT2D eigenvalue weighted by atomic mass is 16.2. The molecule has 1 aromatic rings. The van der Waals surface area contributed by atoms with E-state index in [1.165, 1.54) is 11.9 Å². The van der Waals surface area contributed by atoms with Gasteiger partial charge in [0.15, 0.2) is 0 Å². The zero-order chi connectivity index (χ0) is 15.8. The minimum Gasteiger partial charge on any atom is -0.395 e. The number of benzene rings is 1. The molecule has 112 valence electrons. The number of amides is 2. The Bertz CT molecular complexity index is 585. The highest BCUT2D eigenvalue weighted by molar-refractivity contribution is 5.96. The van der Waals surface area contributed by atoms with Crippen LogP contribution in [0.5, 0.6) is 0 Å². The molecule has 0 aliphatic heterocycles. The van der Waals surface area contributed by atoms with E-state index in [0.717, 1.165) is 11.1 Å². The van der Waals surface area contributed by atoms with Gasteiger partial charge < -0.3 is 15.3 Å². The summed E-state index contributed by atoms with van der Waals surface area (Å²) in [6.07, 6.45) is 0.397. The first kappa shape index (κ1) is 16.7. The van der Waals surface area contributed by atoms with Gasteiger partial charge in [0.05, 0.1) is 13.2 Å². The summed E-state index contributed by atoms with van der Waals surface area (Å²) in [5, 5.41) is 11.2. The van der Waals surface area contributed by atoms with Crippen LogP contribution in [0.3, 0.4) is 0 Å². The Morgan fingerprint density at radius 1 is 1.33 bits per heavy atom. The monoisotopic (exact) mass is 288 g/mol. The molecule has 0 aromatic heterocycles. The average Bonchev–Trinajstić information content (AvgIpc) is 2.45. The second-order valence-corrected chi connectivity index (χ2v) is 4.70. The van der Waals surface area contributed by atoms with E-state index in [1.807, 2.05) is 13.0 Å². The Morgan fingerprint density at radius 2 is 2.05 bits per heavy atom. The molecule has 1 aromatic carbocycles. The molecule has 0 aliphatic rings. The quantitative estimate of drug-likeness (QED) is 0.795. The molecule has 0 saturated carbocycles. The average molecular weight is 288 g/mol. The Labute approximate surface area is 125 Å². The normalized spacial score (nSPS) is 9.52. The number of aliphatic hydroxyl groups is 1. The standard InChI is InChI=1S/C16H20N2O3/c1-12-8-13(6-4-5-7-19)10-14(9-12)16(21)18(3)11-15(20)17-2/h8-10,19H,5,7,11H2,1-3H3,(H,17,20). The van der Waals surface area contributed by atoms with Crippen molar-refractivity contribution < 1.29 is 14.7 Å². The molecule has 21 heavy (non-hydrogen) atoms. The van der Waals surface area contributed by atoms with Gasteiger partial charge in [-0.2, -0.15) is 0 Å². The maximum Gasteiger partial charge on any atom is 0.254 e. The van der Waals surface area contributed by atoms with Crippen LogP contribution in [0.4, 0.5) is 0 Å². The lowest BCUT2D eigenvalue weighted by molar-refractivity contribution is -0.121. The van der Waals surface area contributed by atoms with Gasteiger partial charge in [0.25, 0.3) is 5.91 Å². The molecule has 0 spiro atoms. The first-order valence-corrected chi connectivity index (χ1v) is 6.65. The SMILES string of the molecule is CNC(=O)CN(C)C(=O)c1cc(C)cc(C#CCCO)c1. The van der Waals surface area contributed by atoms with Crippen LogP contribution in [0.2, 0.25) is 0 Å². The van der Waals surface area contributed by atoms with E-state index in [9.17, 15) is 9.59 Å². The molecule has 0 heterocycles. The molecule has 0 fully saturated rings. The third-order valence-corrected chi connectivity index (χ3v) is 2.80. The topological polar surface area (TPSA) is 69.6 Å². The number of hydrogen-bond donors (Lipinski definition) is 2. The van der Waals surface area contributed by atoms with Crippen LogP contribution in [-0.4, -0.2) is 49.1 Å². The summed E-state index contributed by atoms with van der Waals surface area (Å²) in [5.41, 5.74) is 2.14. The van der Waals surface area contributed by atoms with Crippen molar-refractivity contribution in [1.82, 2.24) is 10.2 Å². The van der Waals surface area contributed by atoms with Crippen molar-refractivity contribution in [3.63, 3.8) is 0 Å². The molecule has 2 amide bonds. The van der Waals surface area contributed by atoms with Gasteiger partial charge in [0.1, 0.15) is 0 Å². The van der Waals surface area contributed by atoms with E-state index < -0.39 is 0 Å². The third-order valence-electron chi connectivity index (χ3n) is 2.80. The predicted molar refractivity (Wildman–Crippen MR) is 80.8 cm³/mol. The Hall–Kier alpha value is -2.32. The molecule has 1 rings (SSSR count). The lowest BCUT2D eigenvalue weighted by atomic mass is 10.1. The Morgan fingerprint density at radius 3 is 2.67 bits per heavy atom. The number of nitrogens with one attached hydrogen (secondary N) is 1. The molecular formula is C16H20N2O3.